The summed E-state index contributed by atoms with van der Waals surface area (Å²) in [4.78, 5) is 12.1. The molecular formula is C26H27NO5S. The summed E-state index contributed by atoms with van der Waals surface area (Å²) >= 11 is 0. The van der Waals surface area contributed by atoms with Gasteiger partial charge in [0, 0.05) is 0 Å². The Morgan fingerprint density at radius 1 is 1.00 bits per heavy atom. The summed E-state index contributed by atoms with van der Waals surface area (Å²) in [5.74, 6) is -0.441. The minimum Gasteiger partial charge on any atom is -0.451 e. The smallest absolute Gasteiger partial charge is 0.324 e. The lowest BCUT2D eigenvalue weighted by Gasteiger charge is -2.20. The summed E-state index contributed by atoms with van der Waals surface area (Å²) in [5, 5.41) is 0. The van der Waals surface area contributed by atoms with E-state index in [4.69, 9.17) is 15.0 Å². The van der Waals surface area contributed by atoms with E-state index >= 15 is 0 Å². The van der Waals surface area contributed by atoms with Gasteiger partial charge in [0.15, 0.2) is 6.10 Å². The van der Waals surface area contributed by atoms with Crippen LogP contribution in [0.5, 0.6) is 0 Å². The topological polar surface area (TPSA) is 107 Å². The Bertz CT molecular complexity index is 1130. The van der Waals surface area contributed by atoms with Gasteiger partial charge in [-0.05, 0) is 42.7 Å². The molecule has 6 nitrogen and oxygen atoms in total. The molecule has 1 atom stereocenters. The number of aryl methyl sites for hydroxylation is 1. The number of carbonyl (C=O) groups is 1. The number of hydrogen-bond acceptors (Lipinski definition) is 5. The van der Waals surface area contributed by atoms with E-state index in [1.165, 1.54) is 12.1 Å². The fraction of sp³-hybridized carbons (Fsp3) is 0.154. The van der Waals surface area contributed by atoms with Gasteiger partial charge in [0.25, 0.3) is 10.1 Å². The average Bonchev–Trinajstić information content (AvgIpc) is 2.82. The highest BCUT2D eigenvalue weighted by molar-refractivity contribution is 7.85. The lowest BCUT2D eigenvalue weighted by atomic mass is 10.0. The number of rotatable bonds is 7. The lowest BCUT2D eigenvalue weighted by Crippen LogP contribution is -2.32. The molecule has 7 heteroatoms. The SMILES string of the molecule is C=C=CCC(N)C(=O)OC(c1ccccc1)c1ccccc1.Cc1ccc(S(=O)(=O)O)cc1. The Morgan fingerprint density at radius 3 is 1.91 bits per heavy atom. The second kappa shape index (κ2) is 12.5. The molecule has 0 amide bonds. The van der Waals surface area contributed by atoms with Crippen LogP contribution in [0.25, 0.3) is 0 Å². The van der Waals surface area contributed by atoms with E-state index in [1.807, 2.05) is 67.6 Å². The normalized spacial score (nSPS) is 11.5. The molecule has 0 saturated heterocycles. The first-order valence-corrected chi connectivity index (χ1v) is 11.6. The number of esters is 1. The molecule has 0 spiro atoms. The lowest BCUT2D eigenvalue weighted by molar-refractivity contribution is -0.149. The molecule has 0 aliphatic heterocycles. The van der Waals surface area contributed by atoms with Crippen molar-refractivity contribution in [2.24, 2.45) is 5.73 Å². The Labute approximate surface area is 194 Å². The average molecular weight is 466 g/mol. The monoisotopic (exact) mass is 465 g/mol. The van der Waals surface area contributed by atoms with Gasteiger partial charge in [-0.2, -0.15) is 8.42 Å². The second-order valence-corrected chi connectivity index (χ2v) is 8.60. The zero-order valence-corrected chi connectivity index (χ0v) is 19.1. The minimum atomic E-state index is -4.02. The van der Waals surface area contributed by atoms with Crippen molar-refractivity contribution in [3.63, 3.8) is 0 Å². The van der Waals surface area contributed by atoms with Crippen molar-refractivity contribution in [3.05, 3.63) is 120 Å². The Hall–Kier alpha value is -3.48. The molecule has 0 radical (unpaired) electrons. The molecule has 3 N–H and O–H groups in total. The molecule has 1 unspecified atom stereocenters. The summed E-state index contributed by atoms with van der Waals surface area (Å²) in [6, 6.07) is 24.5. The first-order valence-electron chi connectivity index (χ1n) is 10.2. The molecule has 0 heterocycles. The van der Waals surface area contributed by atoms with Crippen LogP contribution < -0.4 is 5.73 Å². The van der Waals surface area contributed by atoms with Crippen LogP contribution in [-0.4, -0.2) is 25.0 Å². The molecule has 33 heavy (non-hydrogen) atoms. The van der Waals surface area contributed by atoms with Gasteiger partial charge in [0.05, 0.1) is 4.90 Å². The van der Waals surface area contributed by atoms with Crippen molar-refractivity contribution in [2.45, 2.75) is 30.4 Å². The molecule has 0 fully saturated rings. The van der Waals surface area contributed by atoms with Gasteiger partial charge in [-0.3, -0.25) is 9.35 Å². The molecule has 0 aromatic heterocycles. The third-order valence-electron chi connectivity index (χ3n) is 4.58. The van der Waals surface area contributed by atoms with Crippen LogP contribution in [-0.2, 0) is 19.6 Å². The number of benzene rings is 3. The van der Waals surface area contributed by atoms with Gasteiger partial charge >= 0.3 is 5.97 Å². The van der Waals surface area contributed by atoms with Crippen LogP contribution >= 0.6 is 0 Å². The Morgan fingerprint density at radius 2 is 1.48 bits per heavy atom. The molecule has 3 aromatic rings. The van der Waals surface area contributed by atoms with Crippen LogP contribution in [0.1, 0.15) is 29.2 Å². The van der Waals surface area contributed by atoms with Gasteiger partial charge in [-0.25, -0.2) is 0 Å². The number of hydrogen-bond donors (Lipinski definition) is 2. The van der Waals surface area contributed by atoms with Crippen LogP contribution in [0, 0.1) is 6.92 Å². The van der Waals surface area contributed by atoms with Crippen molar-refractivity contribution < 1.29 is 22.5 Å². The van der Waals surface area contributed by atoms with E-state index in [0.29, 0.717) is 6.42 Å². The highest BCUT2D eigenvalue weighted by atomic mass is 32.2. The maximum Gasteiger partial charge on any atom is 0.324 e. The van der Waals surface area contributed by atoms with Crippen LogP contribution in [0.3, 0.4) is 0 Å². The molecule has 0 aliphatic rings. The van der Waals surface area contributed by atoms with Gasteiger partial charge in [-0.1, -0.05) is 84.9 Å². The fourth-order valence-corrected chi connectivity index (χ4v) is 3.28. The molecule has 172 valence electrons. The third-order valence-corrected chi connectivity index (χ3v) is 5.44. The summed E-state index contributed by atoms with van der Waals surface area (Å²) in [6.45, 7) is 5.30. The molecule has 3 rings (SSSR count). The van der Waals surface area contributed by atoms with Crippen LogP contribution in [0.15, 0.2) is 108 Å². The molecule has 0 saturated carbocycles. The van der Waals surface area contributed by atoms with Crippen molar-refractivity contribution in [1.82, 2.24) is 0 Å². The summed E-state index contributed by atoms with van der Waals surface area (Å²) in [7, 11) is -4.02. The zero-order chi connectivity index (χ0) is 24.3. The Balaban J connectivity index is 0.000000294. The van der Waals surface area contributed by atoms with Gasteiger partial charge in [0.1, 0.15) is 6.04 Å². The predicted octanol–water partition coefficient (Wildman–Crippen LogP) is 4.62. The van der Waals surface area contributed by atoms with Crippen LogP contribution in [0.4, 0.5) is 0 Å². The van der Waals surface area contributed by atoms with Gasteiger partial charge in [0.2, 0.25) is 0 Å². The highest BCUT2D eigenvalue weighted by Crippen LogP contribution is 2.26. The largest absolute Gasteiger partial charge is 0.451 e. The Kier molecular flexibility index (Phi) is 9.79. The van der Waals surface area contributed by atoms with Gasteiger partial charge < -0.3 is 10.5 Å². The second-order valence-electron chi connectivity index (χ2n) is 7.18. The zero-order valence-electron chi connectivity index (χ0n) is 18.3. The first kappa shape index (κ1) is 25.8. The van der Waals surface area contributed by atoms with Crippen molar-refractivity contribution >= 4 is 16.1 Å². The van der Waals surface area contributed by atoms with Crippen LogP contribution in [0.2, 0.25) is 0 Å². The maximum absolute atomic E-state index is 12.2. The van der Waals surface area contributed by atoms with E-state index in [2.05, 4.69) is 12.3 Å². The molecule has 0 aliphatic carbocycles. The summed E-state index contributed by atoms with van der Waals surface area (Å²) < 4.78 is 35.2. The summed E-state index contributed by atoms with van der Waals surface area (Å²) in [6.07, 6.45) is 1.53. The number of ether oxygens (including phenoxy) is 1. The van der Waals surface area contributed by atoms with E-state index in [9.17, 15) is 13.2 Å². The minimum absolute atomic E-state index is 0.0666. The molecule has 0 bridgehead atoms. The van der Waals surface area contributed by atoms with Crippen molar-refractivity contribution in [1.29, 1.82) is 0 Å². The molecule has 3 aromatic carbocycles. The maximum atomic E-state index is 12.2. The third kappa shape index (κ3) is 8.52. The van der Waals surface area contributed by atoms with E-state index in [0.717, 1.165) is 16.7 Å². The number of nitrogens with two attached hydrogens (primary N) is 1. The first-order chi connectivity index (χ1) is 15.7. The number of carbonyl (C=O) groups excluding carboxylic acids is 1. The fourth-order valence-electron chi connectivity index (χ4n) is 2.80. The van der Waals surface area contributed by atoms with Gasteiger partial charge in [-0.15, -0.1) is 5.73 Å². The summed E-state index contributed by atoms with van der Waals surface area (Å²) in [5.41, 5.74) is 11.2. The van der Waals surface area contributed by atoms with E-state index in [1.54, 1.807) is 18.2 Å². The van der Waals surface area contributed by atoms with E-state index < -0.39 is 28.2 Å². The standard InChI is InChI=1S/C19H19NO2.C7H8O3S/c1-2-3-14-17(20)19(21)22-18(15-10-6-4-7-11-15)16-12-8-5-9-13-16;1-6-2-4-7(5-3-6)11(8,9)10/h3-13,17-18H,1,14,20H2;2-5H,1H3,(H,8,9,10). The van der Waals surface area contributed by atoms with Crippen molar-refractivity contribution in [3.8, 4) is 0 Å². The highest BCUT2D eigenvalue weighted by Gasteiger charge is 2.22. The quantitative estimate of drug-likeness (QED) is 0.300. The van der Waals surface area contributed by atoms with E-state index in [-0.39, 0.29) is 4.90 Å². The molecular weight excluding hydrogens is 438 g/mol. The van der Waals surface area contributed by atoms with Crippen molar-refractivity contribution in [2.75, 3.05) is 0 Å². The predicted molar refractivity (Wildman–Crippen MR) is 128 cm³/mol.